The number of carbonyl (C=O) groups is 1. The number of hydrogen-bond donors (Lipinski definition) is 1. The zero-order chi connectivity index (χ0) is 13.3. The predicted octanol–water partition coefficient (Wildman–Crippen LogP) is 2.97. The number of fused-ring (bicyclic) bond motifs is 1. The number of carbonyl (C=O) groups excluding carboxylic acids is 1. The van der Waals surface area contributed by atoms with Crippen molar-refractivity contribution in [3.05, 3.63) is 24.3 Å². The molecule has 1 aromatic heterocycles. The van der Waals surface area contributed by atoms with Gasteiger partial charge in [-0.2, -0.15) is 0 Å². The summed E-state index contributed by atoms with van der Waals surface area (Å²) in [6, 6.07) is 6.95. The number of nitrogens with zero attached hydrogens (tertiary/aromatic N) is 2. The summed E-state index contributed by atoms with van der Waals surface area (Å²) in [5.74, 6) is 0.0190. The minimum atomic E-state index is -1.67. The molecule has 0 amide bonds. The van der Waals surface area contributed by atoms with Crippen LogP contribution in [0.2, 0.25) is 0 Å². The van der Waals surface area contributed by atoms with E-state index >= 15 is 0 Å². The molecule has 2 aromatic rings. The van der Waals surface area contributed by atoms with Crippen molar-refractivity contribution in [3.8, 4) is 0 Å². The molecule has 96 valence electrons. The Morgan fingerprint density at radius 3 is 2.72 bits per heavy atom. The second-order valence-corrected chi connectivity index (χ2v) is 5.98. The van der Waals surface area contributed by atoms with Crippen LogP contribution in [0.3, 0.4) is 0 Å². The van der Waals surface area contributed by atoms with E-state index in [-0.39, 0.29) is 12.6 Å². The molecule has 0 aliphatic carbocycles. The monoisotopic (exact) mass is 307 g/mol. The van der Waals surface area contributed by atoms with Crippen LogP contribution < -0.4 is 5.73 Å². The van der Waals surface area contributed by atoms with Gasteiger partial charge < -0.3 is 10.5 Å². The second-order valence-electron chi connectivity index (χ2n) is 3.46. The average molecular weight is 309 g/mol. The normalized spacial score (nSPS) is 11.7. The number of hydrogen-bond acceptors (Lipinski definition) is 4. The SMILES string of the molecule is Nc1nc2ccccc2n1C(=O)OCC(Cl)(Cl)Cl. The van der Waals surface area contributed by atoms with E-state index in [2.05, 4.69) is 4.98 Å². The quantitative estimate of drug-likeness (QED) is 0.822. The van der Waals surface area contributed by atoms with Gasteiger partial charge in [-0.05, 0) is 12.1 Å². The molecule has 2 rings (SSSR count). The summed E-state index contributed by atoms with van der Waals surface area (Å²) < 4.78 is 4.30. The van der Waals surface area contributed by atoms with Crippen molar-refractivity contribution in [2.45, 2.75) is 3.79 Å². The van der Waals surface area contributed by atoms with Gasteiger partial charge in [-0.15, -0.1) is 0 Å². The molecular formula is C10H8Cl3N3O2. The number of anilines is 1. The lowest BCUT2D eigenvalue weighted by molar-refractivity contribution is 0.151. The van der Waals surface area contributed by atoms with E-state index in [0.29, 0.717) is 11.0 Å². The molecule has 0 unspecified atom stereocenters. The van der Waals surface area contributed by atoms with Gasteiger partial charge in [0.1, 0.15) is 6.61 Å². The maximum absolute atomic E-state index is 11.8. The van der Waals surface area contributed by atoms with E-state index in [0.717, 1.165) is 4.57 Å². The fraction of sp³-hybridized carbons (Fsp3) is 0.200. The van der Waals surface area contributed by atoms with Crippen LogP contribution in [-0.4, -0.2) is 26.0 Å². The van der Waals surface area contributed by atoms with Gasteiger partial charge in [0.15, 0.2) is 0 Å². The Hall–Kier alpha value is -1.17. The molecule has 1 heterocycles. The van der Waals surface area contributed by atoms with Crippen molar-refractivity contribution in [3.63, 3.8) is 0 Å². The van der Waals surface area contributed by atoms with Crippen LogP contribution in [0.15, 0.2) is 24.3 Å². The Morgan fingerprint density at radius 2 is 2.06 bits per heavy atom. The van der Waals surface area contributed by atoms with Gasteiger partial charge in [0.25, 0.3) is 0 Å². The van der Waals surface area contributed by atoms with Gasteiger partial charge in [0.05, 0.1) is 11.0 Å². The number of alkyl halides is 3. The highest BCUT2D eigenvalue weighted by Gasteiger charge is 2.24. The Bertz CT molecular complexity index is 592. The van der Waals surface area contributed by atoms with Gasteiger partial charge in [-0.1, -0.05) is 46.9 Å². The van der Waals surface area contributed by atoms with Crippen molar-refractivity contribution >= 4 is 57.9 Å². The van der Waals surface area contributed by atoms with Crippen molar-refractivity contribution in [2.24, 2.45) is 0 Å². The Balaban J connectivity index is 2.30. The minimum Gasteiger partial charge on any atom is -0.444 e. The van der Waals surface area contributed by atoms with E-state index < -0.39 is 9.89 Å². The van der Waals surface area contributed by atoms with Crippen molar-refractivity contribution < 1.29 is 9.53 Å². The Morgan fingerprint density at radius 1 is 1.39 bits per heavy atom. The minimum absolute atomic E-state index is 0.0190. The lowest BCUT2D eigenvalue weighted by Gasteiger charge is -2.12. The summed E-state index contributed by atoms with van der Waals surface area (Å²) >= 11 is 16.5. The van der Waals surface area contributed by atoms with Gasteiger partial charge >= 0.3 is 6.09 Å². The van der Waals surface area contributed by atoms with E-state index in [1.54, 1.807) is 24.3 Å². The maximum Gasteiger partial charge on any atom is 0.421 e. The number of halogens is 3. The topological polar surface area (TPSA) is 70.1 Å². The third kappa shape index (κ3) is 2.80. The number of benzene rings is 1. The Kier molecular flexibility index (Phi) is 3.56. The van der Waals surface area contributed by atoms with Crippen molar-refractivity contribution in [2.75, 3.05) is 12.3 Å². The number of nitrogen functional groups attached to an aromatic ring is 1. The standard InChI is InChI=1S/C10H8Cl3N3O2/c11-10(12,13)5-18-9(17)16-7-4-2-1-3-6(7)15-8(16)14/h1-4H,5H2,(H2,14,15). The summed E-state index contributed by atoms with van der Waals surface area (Å²) in [5.41, 5.74) is 6.76. The van der Waals surface area contributed by atoms with Crippen LogP contribution in [0.4, 0.5) is 10.7 Å². The van der Waals surface area contributed by atoms with Gasteiger partial charge in [-0.25, -0.2) is 14.3 Å². The first-order chi connectivity index (χ1) is 8.38. The molecule has 0 spiro atoms. The molecule has 0 saturated heterocycles. The zero-order valence-electron chi connectivity index (χ0n) is 8.94. The van der Waals surface area contributed by atoms with E-state index in [4.69, 9.17) is 45.3 Å². The van der Waals surface area contributed by atoms with E-state index in [1.807, 2.05) is 0 Å². The second kappa shape index (κ2) is 4.84. The molecule has 2 N–H and O–H groups in total. The molecule has 0 aliphatic heterocycles. The number of nitrogens with two attached hydrogens (primary N) is 1. The predicted molar refractivity (Wildman–Crippen MR) is 71.2 cm³/mol. The average Bonchev–Trinajstić information content (AvgIpc) is 2.61. The summed E-state index contributed by atoms with van der Waals surface area (Å²) in [6.07, 6.45) is -0.743. The number of aromatic nitrogens is 2. The molecular weight excluding hydrogens is 300 g/mol. The molecule has 0 fully saturated rings. The first-order valence-corrected chi connectivity index (χ1v) is 5.99. The fourth-order valence-corrected chi connectivity index (χ4v) is 1.61. The molecule has 1 aromatic carbocycles. The van der Waals surface area contributed by atoms with Crippen LogP contribution in [0.5, 0.6) is 0 Å². The van der Waals surface area contributed by atoms with Gasteiger partial charge in [0.2, 0.25) is 9.74 Å². The summed E-state index contributed by atoms with van der Waals surface area (Å²) in [6.45, 7) is -0.373. The maximum atomic E-state index is 11.8. The molecule has 0 bridgehead atoms. The zero-order valence-corrected chi connectivity index (χ0v) is 11.2. The van der Waals surface area contributed by atoms with Crippen LogP contribution in [0.1, 0.15) is 0 Å². The van der Waals surface area contributed by atoms with E-state index in [1.165, 1.54) is 0 Å². The molecule has 18 heavy (non-hydrogen) atoms. The first kappa shape index (κ1) is 13.3. The van der Waals surface area contributed by atoms with Gasteiger partial charge in [-0.3, -0.25) is 0 Å². The fourth-order valence-electron chi connectivity index (χ4n) is 1.44. The third-order valence-electron chi connectivity index (χ3n) is 2.13. The number of ether oxygens (including phenoxy) is 1. The third-order valence-corrected chi connectivity index (χ3v) is 2.46. The van der Waals surface area contributed by atoms with Crippen LogP contribution in [0.25, 0.3) is 11.0 Å². The van der Waals surface area contributed by atoms with E-state index in [9.17, 15) is 4.79 Å². The number of imidazole rings is 1. The summed E-state index contributed by atoms with van der Waals surface area (Å²) in [4.78, 5) is 15.9. The van der Waals surface area contributed by atoms with Crippen LogP contribution in [-0.2, 0) is 4.74 Å². The summed E-state index contributed by atoms with van der Waals surface area (Å²) in [5, 5.41) is 0. The lowest BCUT2D eigenvalue weighted by Crippen LogP contribution is -2.22. The highest BCUT2D eigenvalue weighted by molar-refractivity contribution is 6.67. The smallest absolute Gasteiger partial charge is 0.421 e. The summed E-state index contributed by atoms with van der Waals surface area (Å²) in [7, 11) is 0. The Labute approximate surface area is 117 Å². The first-order valence-electron chi connectivity index (χ1n) is 4.85. The molecule has 0 atom stereocenters. The van der Waals surface area contributed by atoms with Crippen molar-refractivity contribution in [1.29, 1.82) is 0 Å². The van der Waals surface area contributed by atoms with Crippen LogP contribution in [0, 0.1) is 0 Å². The number of para-hydroxylation sites is 2. The lowest BCUT2D eigenvalue weighted by atomic mass is 10.3. The number of rotatable bonds is 1. The molecule has 0 radical (unpaired) electrons. The highest BCUT2D eigenvalue weighted by atomic mass is 35.6. The van der Waals surface area contributed by atoms with Gasteiger partial charge in [0, 0.05) is 0 Å². The molecule has 8 heteroatoms. The van der Waals surface area contributed by atoms with Crippen molar-refractivity contribution in [1.82, 2.24) is 9.55 Å². The largest absolute Gasteiger partial charge is 0.444 e. The molecule has 0 saturated carbocycles. The van der Waals surface area contributed by atoms with Crippen LogP contribution >= 0.6 is 34.8 Å². The highest BCUT2D eigenvalue weighted by Crippen LogP contribution is 2.26. The molecule has 0 aliphatic rings. The molecule has 5 nitrogen and oxygen atoms in total.